The highest BCUT2D eigenvalue weighted by molar-refractivity contribution is 6.31. The van der Waals surface area contributed by atoms with Crippen molar-refractivity contribution in [2.75, 3.05) is 12.8 Å². The fraction of sp³-hybridized carbons (Fsp3) is 0.0714. The van der Waals surface area contributed by atoms with Crippen LogP contribution < -0.4 is 10.5 Å². The molecule has 0 saturated heterocycles. The van der Waals surface area contributed by atoms with Crippen molar-refractivity contribution in [2.45, 2.75) is 0 Å². The minimum absolute atomic E-state index is 0.0267. The van der Waals surface area contributed by atoms with Crippen LogP contribution in [0, 0.1) is 11.6 Å². The number of hydrogen-bond donors (Lipinski definition) is 1. The predicted octanol–water partition coefficient (Wildman–Crippen LogP) is 3.55. The molecule has 0 fully saturated rings. The normalized spacial score (nSPS) is 11.0. The van der Waals surface area contributed by atoms with Crippen molar-refractivity contribution < 1.29 is 13.5 Å². The van der Waals surface area contributed by atoms with Gasteiger partial charge in [0.05, 0.1) is 28.9 Å². The van der Waals surface area contributed by atoms with E-state index in [1.54, 1.807) is 0 Å². The lowest BCUT2D eigenvalue weighted by Gasteiger charge is -2.10. The van der Waals surface area contributed by atoms with Gasteiger partial charge in [-0.3, -0.25) is 4.57 Å². The molecule has 0 spiro atoms. The monoisotopic (exact) mass is 309 g/mol. The van der Waals surface area contributed by atoms with Crippen LogP contribution in [-0.4, -0.2) is 16.7 Å². The van der Waals surface area contributed by atoms with Crippen LogP contribution in [0.3, 0.4) is 0 Å². The molecule has 2 aromatic carbocycles. The van der Waals surface area contributed by atoms with Crippen molar-refractivity contribution in [1.82, 2.24) is 9.55 Å². The Morgan fingerprint density at radius 1 is 1.19 bits per heavy atom. The lowest BCUT2D eigenvalue weighted by Crippen LogP contribution is -2.03. The molecular weight excluding hydrogens is 300 g/mol. The fourth-order valence-electron chi connectivity index (χ4n) is 2.14. The molecule has 108 valence electrons. The van der Waals surface area contributed by atoms with Crippen molar-refractivity contribution >= 4 is 28.6 Å². The molecule has 0 amide bonds. The van der Waals surface area contributed by atoms with Gasteiger partial charge >= 0.3 is 0 Å². The summed E-state index contributed by atoms with van der Waals surface area (Å²) in [7, 11) is 1.47. The molecule has 0 atom stereocenters. The average molecular weight is 310 g/mol. The number of halogens is 3. The third kappa shape index (κ3) is 2.17. The third-order valence-electron chi connectivity index (χ3n) is 3.12. The maximum Gasteiger partial charge on any atom is 0.206 e. The second kappa shape index (κ2) is 4.89. The van der Waals surface area contributed by atoms with Crippen molar-refractivity contribution in [3.63, 3.8) is 0 Å². The topological polar surface area (TPSA) is 53.1 Å². The molecule has 0 bridgehead atoms. The van der Waals surface area contributed by atoms with Gasteiger partial charge in [-0.05, 0) is 18.2 Å². The minimum atomic E-state index is -0.611. The van der Waals surface area contributed by atoms with E-state index < -0.39 is 11.6 Å². The molecule has 4 nitrogen and oxygen atoms in total. The van der Waals surface area contributed by atoms with E-state index >= 15 is 0 Å². The van der Waals surface area contributed by atoms with Gasteiger partial charge in [-0.2, -0.15) is 0 Å². The quantitative estimate of drug-likeness (QED) is 0.787. The van der Waals surface area contributed by atoms with E-state index in [1.807, 2.05) is 0 Å². The van der Waals surface area contributed by atoms with E-state index in [1.165, 1.54) is 35.9 Å². The molecule has 0 radical (unpaired) electrons. The number of ether oxygens (including phenoxy) is 1. The molecule has 1 heterocycles. The molecule has 0 saturated carbocycles. The van der Waals surface area contributed by atoms with Gasteiger partial charge in [0.25, 0.3) is 0 Å². The molecule has 7 heteroatoms. The van der Waals surface area contributed by atoms with Crippen LogP contribution in [0.15, 0.2) is 30.3 Å². The van der Waals surface area contributed by atoms with Gasteiger partial charge in [-0.1, -0.05) is 11.6 Å². The molecule has 0 unspecified atom stereocenters. The number of nitrogens with two attached hydrogens (primary N) is 1. The van der Waals surface area contributed by atoms with E-state index in [4.69, 9.17) is 22.1 Å². The lowest BCUT2D eigenvalue weighted by atomic mass is 10.2. The first-order chi connectivity index (χ1) is 10.0. The van der Waals surface area contributed by atoms with Crippen LogP contribution in [0.5, 0.6) is 5.75 Å². The van der Waals surface area contributed by atoms with Crippen molar-refractivity contribution in [1.29, 1.82) is 0 Å². The molecule has 0 aliphatic heterocycles. The maximum absolute atomic E-state index is 14.1. The van der Waals surface area contributed by atoms with Gasteiger partial charge in [0, 0.05) is 12.1 Å². The van der Waals surface area contributed by atoms with Crippen molar-refractivity contribution in [3.8, 4) is 11.4 Å². The van der Waals surface area contributed by atoms with Crippen molar-refractivity contribution in [2.24, 2.45) is 0 Å². The minimum Gasteiger partial charge on any atom is -0.497 e. The molecule has 1 aromatic heterocycles. The smallest absolute Gasteiger partial charge is 0.206 e. The van der Waals surface area contributed by atoms with E-state index in [0.29, 0.717) is 11.3 Å². The fourth-order valence-corrected chi connectivity index (χ4v) is 2.29. The molecule has 3 rings (SSSR count). The standard InChI is InChI=1S/C14H10ClF2N3O/c1-21-7-2-3-9(16)12(4-7)20-13-5-8(15)10(17)6-11(13)19-14(20)18/h2-6H,1H3,(H2,18,19). The zero-order valence-corrected chi connectivity index (χ0v) is 11.7. The first-order valence-electron chi connectivity index (χ1n) is 5.98. The van der Waals surface area contributed by atoms with Gasteiger partial charge in [0.2, 0.25) is 5.95 Å². The van der Waals surface area contributed by atoms with Crippen LogP contribution in [0.25, 0.3) is 16.7 Å². The van der Waals surface area contributed by atoms with Crippen LogP contribution >= 0.6 is 11.6 Å². The second-order valence-corrected chi connectivity index (χ2v) is 4.78. The Bertz CT molecular complexity index is 848. The summed E-state index contributed by atoms with van der Waals surface area (Å²) in [6, 6.07) is 6.73. The summed E-state index contributed by atoms with van der Waals surface area (Å²) in [4.78, 5) is 4.02. The van der Waals surface area contributed by atoms with Gasteiger partial charge in [-0.25, -0.2) is 13.8 Å². The number of fused-ring (bicyclic) bond motifs is 1. The van der Waals surface area contributed by atoms with E-state index in [-0.39, 0.29) is 22.2 Å². The van der Waals surface area contributed by atoms with E-state index in [9.17, 15) is 8.78 Å². The summed E-state index contributed by atoms with van der Waals surface area (Å²) in [6.45, 7) is 0. The summed E-state index contributed by atoms with van der Waals surface area (Å²) in [5.74, 6) is -0.637. The number of nitrogens with zero attached hydrogens (tertiary/aromatic N) is 2. The van der Waals surface area contributed by atoms with Crippen LogP contribution in [0.1, 0.15) is 0 Å². The zero-order valence-electron chi connectivity index (χ0n) is 10.9. The van der Waals surface area contributed by atoms with Gasteiger partial charge in [0.1, 0.15) is 17.4 Å². The summed E-state index contributed by atoms with van der Waals surface area (Å²) in [5, 5.41) is -0.0908. The highest BCUT2D eigenvalue weighted by atomic mass is 35.5. The maximum atomic E-state index is 14.1. The zero-order chi connectivity index (χ0) is 15.1. The summed E-state index contributed by atoms with van der Waals surface area (Å²) < 4.78 is 34.0. The van der Waals surface area contributed by atoms with Crippen LogP contribution in [0.4, 0.5) is 14.7 Å². The second-order valence-electron chi connectivity index (χ2n) is 4.38. The van der Waals surface area contributed by atoms with Crippen LogP contribution in [0.2, 0.25) is 5.02 Å². The predicted molar refractivity (Wildman–Crippen MR) is 77.0 cm³/mol. The molecule has 0 aliphatic rings. The molecule has 21 heavy (non-hydrogen) atoms. The van der Waals surface area contributed by atoms with E-state index in [0.717, 1.165) is 6.07 Å². The van der Waals surface area contributed by atoms with Gasteiger partial charge in [0.15, 0.2) is 0 Å². The van der Waals surface area contributed by atoms with Crippen LogP contribution in [-0.2, 0) is 0 Å². The van der Waals surface area contributed by atoms with Crippen molar-refractivity contribution in [3.05, 3.63) is 47.0 Å². The Labute approximate surface area is 123 Å². The van der Waals surface area contributed by atoms with Gasteiger partial charge in [-0.15, -0.1) is 0 Å². The summed E-state index contributed by atoms with van der Waals surface area (Å²) in [6.07, 6.45) is 0. The summed E-state index contributed by atoms with van der Waals surface area (Å²) >= 11 is 5.78. The Morgan fingerprint density at radius 2 is 1.95 bits per heavy atom. The Balaban J connectivity index is 2.34. The van der Waals surface area contributed by atoms with E-state index in [2.05, 4.69) is 4.98 Å². The number of methoxy groups -OCH3 is 1. The number of nitrogen functional groups attached to an aromatic ring is 1. The number of hydrogen-bond acceptors (Lipinski definition) is 3. The first-order valence-corrected chi connectivity index (χ1v) is 6.36. The number of benzene rings is 2. The Morgan fingerprint density at radius 3 is 2.67 bits per heavy atom. The molecule has 0 aliphatic carbocycles. The summed E-state index contributed by atoms with van der Waals surface area (Å²) in [5.41, 5.74) is 6.67. The number of rotatable bonds is 2. The molecular formula is C14H10ClF2N3O. The molecule has 2 N–H and O–H groups in total. The van der Waals surface area contributed by atoms with Gasteiger partial charge < -0.3 is 10.5 Å². The number of aromatic nitrogens is 2. The highest BCUT2D eigenvalue weighted by Gasteiger charge is 2.16. The average Bonchev–Trinajstić information content (AvgIpc) is 2.75. The SMILES string of the molecule is COc1ccc(F)c(-n2c(N)nc3cc(F)c(Cl)cc32)c1. The number of anilines is 1. The Hall–Kier alpha value is -2.34. The highest BCUT2D eigenvalue weighted by Crippen LogP contribution is 2.30. The Kier molecular flexibility index (Phi) is 3.17. The number of imidazole rings is 1. The first kappa shape index (κ1) is 13.6. The third-order valence-corrected chi connectivity index (χ3v) is 3.41. The largest absolute Gasteiger partial charge is 0.497 e. The lowest BCUT2D eigenvalue weighted by molar-refractivity contribution is 0.413. The molecule has 3 aromatic rings.